The zero-order valence-corrected chi connectivity index (χ0v) is 16.4. The fourth-order valence-corrected chi connectivity index (χ4v) is 4.00. The van der Waals surface area contributed by atoms with Gasteiger partial charge in [0, 0.05) is 18.2 Å². The Morgan fingerprint density at radius 3 is 2.52 bits per heavy atom. The number of urea groups is 1. The van der Waals surface area contributed by atoms with Gasteiger partial charge in [0.05, 0.1) is 17.4 Å². The van der Waals surface area contributed by atoms with Crippen molar-refractivity contribution in [3.8, 4) is 11.1 Å². The normalized spacial score (nSPS) is 16.1. The van der Waals surface area contributed by atoms with Crippen LogP contribution in [-0.4, -0.2) is 40.8 Å². The van der Waals surface area contributed by atoms with E-state index < -0.39 is 18.6 Å². The number of carboxylic acid groups (broad SMARTS) is 1. The fraction of sp³-hybridized carbons (Fsp3) is 0.227. The zero-order chi connectivity index (χ0) is 20.7. The molecule has 1 aliphatic heterocycles. The summed E-state index contributed by atoms with van der Waals surface area (Å²) in [5.74, 6) is -0.348. The average Bonchev–Trinajstić information content (AvgIpc) is 3.04. The number of hydrogen-bond acceptors (Lipinski definition) is 4. The van der Waals surface area contributed by atoms with E-state index in [4.69, 9.17) is 4.52 Å². The molecular weight excluding hydrogens is 370 g/mol. The van der Waals surface area contributed by atoms with Crippen molar-refractivity contribution in [3.05, 3.63) is 71.1 Å². The maximum absolute atomic E-state index is 13.0. The molecule has 1 N–H and O–H groups in total. The molecule has 2 heterocycles. The lowest BCUT2D eigenvalue weighted by Gasteiger charge is -2.41. The molecule has 1 aliphatic rings. The fourth-order valence-electron chi connectivity index (χ4n) is 4.00. The lowest BCUT2D eigenvalue weighted by atomic mass is 9.90. The van der Waals surface area contributed by atoms with Crippen LogP contribution in [0.15, 0.2) is 53.1 Å². The number of amides is 2. The average molecular weight is 391 g/mol. The number of rotatable bonds is 4. The molecule has 0 aliphatic carbocycles. The van der Waals surface area contributed by atoms with Crippen LogP contribution in [0.25, 0.3) is 11.1 Å². The number of nitrogens with zero attached hydrogens (tertiary/aromatic N) is 3. The Labute approximate surface area is 168 Å². The van der Waals surface area contributed by atoms with Crippen LogP contribution in [0.1, 0.15) is 28.6 Å². The van der Waals surface area contributed by atoms with Crippen LogP contribution in [-0.2, 0) is 4.79 Å². The van der Waals surface area contributed by atoms with Gasteiger partial charge in [0.1, 0.15) is 12.3 Å². The van der Waals surface area contributed by atoms with Crippen molar-refractivity contribution in [3.63, 3.8) is 0 Å². The Kier molecular flexibility index (Phi) is 4.58. The molecule has 0 spiro atoms. The predicted molar refractivity (Wildman–Crippen MR) is 108 cm³/mol. The van der Waals surface area contributed by atoms with E-state index in [-0.39, 0.29) is 6.03 Å². The van der Waals surface area contributed by atoms with Gasteiger partial charge in [-0.2, -0.15) is 0 Å². The third-order valence-corrected chi connectivity index (χ3v) is 5.27. The summed E-state index contributed by atoms with van der Waals surface area (Å²) in [6.45, 7) is 3.35. The SMILES string of the molecule is Cc1noc(C)c1-c1ccc2c(c1)C(c1ccccc1)N(CC(=O)O)C(=O)N2C. The largest absolute Gasteiger partial charge is 0.480 e. The number of benzene rings is 2. The topological polar surface area (TPSA) is 86.9 Å². The van der Waals surface area contributed by atoms with Crippen LogP contribution in [0.2, 0.25) is 0 Å². The van der Waals surface area contributed by atoms with Crippen LogP contribution in [0, 0.1) is 13.8 Å². The molecule has 1 atom stereocenters. The summed E-state index contributed by atoms with van der Waals surface area (Å²) < 4.78 is 5.31. The van der Waals surface area contributed by atoms with Gasteiger partial charge >= 0.3 is 12.0 Å². The van der Waals surface area contributed by atoms with E-state index in [1.807, 2.05) is 62.4 Å². The monoisotopic (exact) mass is 391 g/mol. The first-order valence-electron chi connectivity index (χ1n) is 9.26. The van der Waals surface area contributed by atoms with E-state index >= 15 is 0 Å². The number of carbonyl (C=O) groups is 2. The summed E-state index contributed by atoms with van der Waals surface area (Å²) in [7, 11) is 1.66. The minimum absolute atomic E-state index is 0.348. The maximum Gasteiger partial charge on any atom is 0.325 e. The molecule has 0 fully saturated rings. The van der Waals surface area contributed by atoms with Gasteiger partial charge in [-0.15, -0.1) is 0 Å². The van der Waals surface area contributed by atoms with Gasteiger partial charge in [-0.05, 0) is 37.1 Å². The van der Waals surface area contributed by atoms with Gasteiger partial charge in [-0.3, -0.25) is 9.69 Å². The second-order valence-corrected chi connectivity index (χ2v) is 7.15. The van der Waals surface area contributed by atoms with Crippen molar-refractivity contribution < 1.29 is 19.2 Å². The van der Waals surface area contributed by atoms with Gasteiger partial charge in [0.2, 0.25) is 0 Å². The van der Waals surface area contributed by atoms with Gasteiger partial charge in [-0.1, -0.05) is 41.6 Å². The highest BCUT2D eigenvalue weighted by molar-refractivity contribution is 5.97. The van der Waals surface area contributed by atoms with E-state index in [1.165, 1.54) is 9.80 Å². The maximum atomic E-state index is 13.0. The smallest absolute Gasteiger partial charge is 0.325 e. The number of hydrogen-bond donors (Lipinski definition) is 1. The van der Waals surface area contributed by atoms with E-state index in [0.717, 1.165) is 33.6 Å². The summed E-state index contributed by atoms with van der Waals surface area (Å²) >= 11 is 0. The van der Waals surface area contributed by atoms with Crippen LogP contribution < -0.4 is 4.90 Å². The highest BCUT2D eigenvalue weighted by Gasteiger charge is 2.38. The third-order valence-electron chi connectivity index (χ3n) is 5.27. The van der Waals surface area contributed by atoms with Crippen LogP contribution in [0.5, 0.6) is 0 Å². The lowest BCUT2D eigenvalue weighted by molar-refractivity contribution is -0.138. The number of fused-ring (bicyclic) bond motifs is 1. The number of anilines is 1. The quantitative estimate of drug-likeness (QED) is 0.726. The highest BCUT2D eigenvalue weighted by Crippen LogP contribution is 2.42. The molecule has 2 amide bonds. The third kappa shape index (κ3) is 3.14. The number of aromatic nitrogens is 1. The number of aryl methyl sites for hydroxylation is 2. The van der Waals surface area contributed by atoms with Crippen molar-refractivity contribution in [1.82, 2.24) is 10.1 Å². The number of carboxylic acids is 1. The number of aliphatic carboxylic acids is 1. The van der Waals surface area contributed by atoms with Crippen molar-refractivity contribution >= 4 is 17.7 Å². The van der Waals surface area contributed by atoms with Crippen LogP contribution in [0.4, 0.5) is 10.5 Å². The van der Waals surface area contributed by atoms with Gasteiger partial charge < -0.3 is 14.5 Å². The molecule has 1 unspecified atom stereocenters. The Morgan fingerprint density at radius 2 is 1.90 bits per heavy atom. The van der Waals surface area contributed by atoms with Crippen molar-refractivity contribution in [2.24, 2.45) is 0 Å². The summed E-state index contributed by atoms with van der Waals surface area (Å²) in [6.07, 6.45) is 0. The Hall–Kier alpha value is -3.61. The van der Waals surface area contributed by atoms with Crippen molar-refractivity contribution in [1.29, 1.82) is 0 Å². The summed E-state index contributed by atoms with van der Waals surface area (Å²) in [4.78, 5) is 27.4. The summed E-state index contributed by atoms with van der Waals surface area (Å²) in [5, 5.41) is 13.5. The van der Waals surface area contributed by atoms with E-state index in [0.29, 0.717) is 5.76 Å². The molecule has 3 aromatic rings. The lowest BCUT2D eigenvalue weighted by Crippen LogP contribution is -2.50. The van der Waals surface area contributed by atoms with E-state index in [2.05, 4.69) is 5.16 Å². The molecule has 0 radical (unpaired) electrons. The molecule has 0 saturated heterocycles. The highest BCUT2D eigenvalue weighted by atomic mass is 16.5. The Balaban J connectivity index is 1.94. The molecule has 1 aromatic heterocycles. The van der Waals surface area contributed by atoms with Gasteiger partial charge in [0.25, 0.3) is 0 Å². The molecule has 2 aromatic carbocycles. The van der Waals surface area contributed by atoms with E-state index in [9.17, 15) is 14.7 Å². The Morgan fingerprint density at radius 1 is 1.17 bits per heavy atom. The first kappa shape index (κ1) is 18.7. The molecule has 29 heavy (non-hydrogen) atoms. The summed E-state index contributed by atoms with van der Waals surface area (Å²) in [6, 6.07) is 14.4. The van der Waals surface area contributed by atoms with E-state index in [1.54, 1.807) is 7.05 Å². The first-order valence-corrected chi connectivity index (χ1v) is 9.26. The summed E-state index contributed by atoms with van der Waals surface area (Å²) in [5.41, 5.74) is 5.06. The Bertz CT molecular complexity index is 1070. The number of carbonyl (C=O) groups excluding carboxylic acids is 1. The standard InChI is InChI=1S/C22H21N3O4/c1-13-20(14(2)29-23-13)16-9-10-18-17(11-16)21(15-7-5-4-6-8-15)25(12-19(26)27)22(28)24(18)3/h4-11,21H,12H2,1-3H3,(H,26,27). The molecule has 148 valence electrons. The minimum Gasteiger partial charge on any atom is -0.480 e. The molecule has 4 rings (SSSR count). The first-order chi connectivity index (χ1) is 13.9. The van der Waals surface area contributed by atoms with Crippen molar-refractivity contribution in [2.75, 3.05) is 18.5 Å². The van der Waals surface area contributed by atoms with Crippen molar-refractivity contribution in [2.45, 2.75) is 19.9 Å². The molecular formula is C22H21N3O4. The molecule has 7 heteroatoms. The molecule has 0 bridgehead atoms. The predicted octanol–water partition coefficient (Wildman–Crippen LogP) is 4.00. The minimum atomic E-state index is -1.06. The van der Waals surface area contributed by atoms with Crippen LogP contribution >= 0.6 is 0 Å². The second kappa shape index (κ2) is 7.09. The molecule has 0 saturated carbocycles. The zero-order valence-electron chi connectivity index (χ0n) is 16.4. The molecule has 7 nitrogen and oxygen atoms in total. The van der Waals surface area contributed by atoms with Gasteiger partial charge in [0.15, 0.2) is 0 Å². The second-order valence-electron chi connectivity index (χ2n) is 7.15. The van der Waals surface area contributed by atoms with Gasteiger partial charge in [-0.25, -0.2) is 4.79 Å². The van der Waals surface area contributed by atoms with Crippen LogP contribution in [0.3, 0.4) is 0 Å².